The molecule has 3 aromatic rings. The van der Waals surface area contributed by atoms with Crippen LogP contribution in [-0.2, 0) is 14.8 Å². The molecule has 2 N–H and O–H groups in total. The maximum atomic E-state index is 13.4. The molecule has 9 heteroatoms. The lowest BCUT2D eigenvalue weighted by Gasteiger charge is -2.29. The molecule has 1 atom stereocenters. The van der Waals surface area contributed by atoms with Crippen molar-refractivity contribution in [2.45, 2.75) is 49.6 Å². The second-order valence-electron chi connectivity index (χ2n) is 8.84. The molecule has 0 aliphatic heterocycles. The topological polar surface area (TPSA) is 88.2 Å². The van der Waals surface area contributed by atoms with Crippen LogP contribution in [0.1, 0.15) is 44.2 Å². The van der Waals surface area contributed by atoms with E-state index in [-0.39, 0.29) is 34.6 Å². The molecule has 35 heavy (non-hydrogen) atoms. The Morgan fingerprint density at radius 1 is 0.971 bits per heavy atom. The van der Waals surface area contributed by atoms with E-state index in [0.717, 1.165) is 5.56 Å². The first kappa shape index (κ1) is 24.9. The highest BCUT2D eigenvalue weighted by molar-refractivity contribution is 7.89. The zero-order valence-corrected chi connectivity index (χ0v) is 20.1. The largest absolute Gasteiger partial charge is 0.349 e. The van der Waals surface area contributed by atoms with Crippen molar-refractivity contribution >= 4 is 15.9 Å². The predicted octanol–water partition coefficient (Wildman–Crippen LogP) is 4.74. The van der Waals surface area contributed by atoms with Crippen molar-refractivity contribution in [2.24, 2.45) is 5.92 Å². The Morgan fingerprint density at radius 3 is 2.31 bits per heavy atom. The number of hydrogen-bond donors (Lipinski definition) is 2. The number of aromatic nitrogens is 1. The molecule has 184 valence electrons. The normalized spacial score (nSPS) is 19.2. The minimum absolute atomic E-state index is 0.0330. The van der Waals surface area contributed by atoms with Gasteiger partial charge in [0.25, 0.3) is 0 Å². The predicted molar refractivity (Wildman–Crippen MR) is 129 cm³/mol. The van der Waals surface area contributed by atoms with E-state index < -0.39 is 15.8 Å². The molecule has 1 heterocycles. The monoisotopic (exact) mass is 499 g/mol. The molecule has 0 spiro atoms. The molecular weight excluding hydrogens is 472 g/mol. The van der Waals surface area contributed by atoms with Crippen molar-refractivity contribution in [3.63, 3.8) is 0 Å². The fourth-order valence-electron chi connectivity index (χ4n) is 4.28. The maximum Gasteiger partial charge on any atom is 0.242 e. The van der Waals surface area contributed by atoms with Gasteiger partial charge in [-0.3, -0.25) is 9.78 Å². The number of nitrogens with zero attached hydrogens (tertiary/aromatic N) is 1. The number of nitrogens with one attached hydrogen (secondary N) is 2. The summed E-state index contributed by atoms with van der Waals surface area (Å²) >= 11 is 0. The van der Waals surface area contributed by atoms with Gasteiger partial charge in [-0.2, -0.15) is 0 Å². The first-order valence-electron chi connectivity index (χ1n) is 11.5. The molecule has 1 amide bonds. The van der Waals surface area contributed by atoms with E-state index in [0.29, 0.717) is 36.9 Å². The molecule has 1 aliphatic rings. The zero-order chi connectivity index (χ0) is 25.0. The molecule has 0 saturated heterocycles. The van der Waals surface area contributed by atoms with Gasteiger partial charge >= 0.3 is 0 Å². The highest BCUT2D eigenvalue weighted by Crippen LogP contribution is 2.27. The van der Waals surface area contributed by atoms with Crippen molar-refractivity contribution < 1.29 is 22.0 Å². The molecule has 1 fully saturated rings. The van der Waals surface area contributed by atoms with E-state index >= 15 is 0 Å². The van der Waals surface area contributed by atoms with Crippen LogP contribution in [0.2, 0.25) is 0 Å². The SMILES string of the molecule is C[C@@H](NC(=O)[C@H]1CC[C@H](NS(=O)(=O)c2ccc(-c3cccc(F)c3)nc2)CC1)c1ccc(F)cc1. The van der Waals surface area contributed by atoms with Gasteiger partial charge in [-0.15, -0.1) is 0 Å². The van der Waals surface area contributed by atoms with Crippen molar-refractivity contribution in [3.8, 4) is 11.3 Å². The van der Waals surface area contributed by atoms with E-state index in [9.17, 15) is 22.0 Å². The van der Waals surface area contributed by atoms with E-state index in [2.05, 4.69) is 15.0 Å². The van der Waals surface area contributed by atoms with Crippen LogP contribution in [0.15, 0.2) is 71.8 Å². The van der Waals surface area contributed by atoms with Gasteiger partial charge in [0.2, 0.25) is 15.9 Å². The van der Waals surface area contributed by atoms with Gasteiger partial charge in [-0.25, -0.2) is 21.9 Å². The van der Waals surface area contributed by atoms with Crippen molar-refractivity contribution in [2.75, 3.05) is 0 Å². The molecule has 1 aromatic heterocycles. The second-order valence-corrected chi connectivity index (χ2v) is 10.6. The number of benzene rings is 2. The average molecular weight is 500 g/mol. The van der Waals surface area contributed by atoms with Gasteiger partial charge in [-0.1, -0.05) is 24.3 Å². The summed E-state index contributed by atoms with van der Waals surface area (Å²) < 4.78 is 54.9. The lowest BCUT2D eigenvalue weighted by molar-refractivity contribution is -0.126. The Kier molecular flexibility index (Phi) is 7.57. The number of hydrogen-bond acceptors (Lipinski definition) is 4. The number of sulfonamides is 1. The number of amides is 1. The van der Waals surface area contributed by atoms with Gasteiger partial charge in [0.15, 0.2) is 0 Å². The first-order valence-corrected chi connectivity index (χ1v) is 13.0. The highest BCUT2D eigenvalue weighted by atomic mass is 32.2. The Morgan fingerprint density at radius 2 is 1.69 bits per heavy atom. The lowest BCUT2D eigenvalue weighted by Crippen LogP contribution is -2.41. The van der Waals surface area contributed by atoms with Crippen LogP contribution in [0.5, 0.6) is 0 Å². The van der Waals surface area contributed by atoms with Crippen LogP contribution in [0.3, 0.4) is 0 Å². The van der Waals surface area contributed by atoms with Crippen LogP contribution < -0.4 is 10.0 Å². The molecule has 0 bridgehead atoms. The standard InChI is InChI=1S/C26H27F2N3O3S/c1-17(18-5-9-21(27)10-6-18)30-26(32)19-7-11-23(12-8-19)31-35(33,34)24-13-14-25(29-16-24)20-3-2-4-22(28)15-20/h2-6,9-10,13-17,19,23,31H,7-8,11-12H2,1H3,(H,30,32)/t17-,19-,23-/m1/s1. The molecule has 0 radical (unpaired) electrons. The lowest BCUT2D eigenvalue weighted by atomic mass is 9.85. The smallest absolute Gasteiger partial charge is 0.242 e. The Balaban J connectivity index is 1.30. The molecule has 1 saturated carbocycles. The second kappa shape index (κ2) is 10.6. The third kappa shape index (κ3) is 6.29. The van der Waals surface area contributed by atoms with E-state index in [4.69, 9.17) is 0 Å². The van der Waals surface area contributed by atoms with Gasteiger partial charge in [0, 0.05) is 23.7 Å². The molecule has 4 rings (SSSR count). The third-order valence-corrected chi connectivity index (χ3v) is 7.82. The summed E-state index contributed by atoms with van der Waals surface area (Å²) in [5.74, 6) is -1.01. The highest BCUT2D eigenvalue weighted by Gasteiger charge is 2.30. The summed E-state index contributed by atoms with van der Waals surface area (Å²) in [6.45, 7) is 1.85. The van der Waals surface area contributed by atoms with Crippen LogP contribution in [0.25, 0.3) is 11.3 Å². The van der Waals surface area contributed by atoms with Gasteiger partial charge in [0.05, 0.1) is 11.7 Å². The van der Waals surface area contributed by atoms with E-state index in [1.165, 1.54) is 36.5 Å². The van der Waals surface area contributed by atoms with Crippen molar-refractivity contribution in [3.05, 3.63) is 84.1 Å². The number of carbonyl (C=O) groups is 1. The zero-order valence-electron chi connectivity index (χ0n) is 19.2. The Hall–Kier alpha value is -3.17. The summed E-state index contributed by atoms with van der Waals surface area (Å²) in [7, 11) is -3.78. The number of rotatable bonds is 7. The number of pyridine rings is 1. The van der Waals surface area contributed by atoms with Crippen molar-refractivity contribution in [1.82, 2.24) is 15.0 Å². The summed E-state index contributed by atoms with van der Waals surface area (Å²) in [6, 6.07) is 14.4. The van der Waals surface area contributed by atoms with Crippen molar-refractivity contribution in [1.29, 1.82) is 0 Å². The third-order valence-electron chi connectivity index (χ3n) is 6.32. The summed E-state index contributed by atoms with van der Waals surface area (Å²) in [5, 5.41) is 2.96. The van der Waals surface area contributed by atoms with Crippen LogP contribution >= 0.6 is 0 Å². The maximum absolute atomic E-state index is 13.4. The number of halogens is 2. The first-order chi connectivity index (χ1) is 16.7. The fraction of sp³-hybridized carbons (Fsp3) is 0.308. The Labute approximate surface area is 203 Å². The van der Waals surface area contributed by atoms with Crippen LogP contribution in [0.4, 0.5) is 8.78 Å². The quantitative estimate of drug-likeness (QED) is 0.492. The van der Waals surface area contributed by atoms with E-state index in [1.54, 1.807) is 30.3 Å². The molecule has 2 aromatic carbocycles. The summed E-state index contributed by atoms with van der Waals surface area (Å²) in [5.41, 5.74) is 1.86. The average Bonchev–Trinajstić information content (AvgIpc) is 2.84. The molecule has 0 unspecified atom stereocenters. The molecule has 6 nitrogen and oxygen atoms in total. The Bertz CT molecular complexity index is 1270. The van der Waals surface area contributed by atoms with Gasteiger partial charge in [0.1, 0.15) is 16.5 Å². The molecular formula is C26H27F2N3O3S. The van der Waals surface area contributed by atoms with Crippen LogP contribution in [-0.4, -0.2) is 25.4 Å². The summed E-state index contributed by atoms with van der Waals surface area (Å²) in [4.78, 5) is 16.9. The van der Waals surface area contributed by atoms with Gasteiger partial charge < -0.3 is 5.32 Å². The van der Waals surface area contributed by atoms with E-state index in [1.807, 2.05) is 6.92 Å². The van der Waals surface area contributed by atoms with Gasteiger partial charge in [-0.05, 0) is 74.6 Å². The fourth-order valence-corrected chi connectivity index (χ4v) is 5.53. The van der Waals surface area contributed by atoms with Crippen LogP contribution in [0, 0.1) is 17.6 Å². The molecule has 1 aliphatic carbocycles. The minimum atomic E-state index is -3.78. The minimum Gasteiger partial charge on any atom is -0.349 e. The summed E-state index contributed by atoms with van der Waals surface area (Å²) in [6.07, 6.45) is 3.46. The number of carbonyl (C=O) groups excluding carboxylic acids is 1.